The fourth-order valence-electron chi connectivity index (χ4n) is 5.89. The highest BCUT2D eigenvalue weighted by Crippen LogP contribution is 2.12. The van der Waals surface area contributed by atoms with E-state index in [1.54, 1.807) is 65.8 Å². The molecule has 1 aromatic carbocycles. The Morgan fingerprint density at radius 2 is 1.03 bits per heavy atom. The van der Waals surface area contributed by atoms with Gasteiger partial charge in [-0.05, 0) is 62.8 Å². The highest BCUT2D eigenvalue weighted by Gasteiger charge is 2.34. The third kappa shape index (κ3) is 19.9. The van der Waals surface area contributed by atoms with Gasteiger partial charge in [0.15, 0.2) is 6.04 Å². The van der Waals surface area contributed by atoms with E-state index in [9.17, 15) is 53.4 Å². The average Bonchev–Trinajstić information content (AvgIpc) is 3.13. The van der Waals surface area contributed by atoms with Crippen molar-refractivity contribution in [2.24, 2.45) is 29.2 Å². The lowest BCUT2D eigenvalue weighted by Gasteiger charge is -2.28. The third-order valence-corrected chi connectivity index (χ3v) is 8.93. The smallest absolute Gasteiger partial charge is 0.328 e. The van der Waals surface area contributed by atoms with Gasteiger partial charge in [0.2, 0.25) is 47.3 Å². The molecule has 0 spiro atoms. The minimum atomic E-state index is -1.63. The summed E-state index contributed by atoms with van der Waals surface area (Å²) in [5.41, 5.74) is 12.1. The van der Waals surface area contributed by atoms with Gasteiger partial charge in [0.1, 0.15) is 30.2 Å². The number of amides is 8. The number of carbonyl (C=O) groups excluding carboxylic acids is 8. The lowest BCUT2D eigenvalue weighted by molar-refractivity contribution is -0.145. The minimum Gasteiger partial charge on any atom is -0.480 e. The summed E-state index contributed by atoms with van der Waals surface area (Å²) in [5.74, 6) is -8.41. The van der Waals surface area contributed by atoms with Gasteiger partial charge in [-0.1, -0.05) is 71.9 Å². The van der Waals surface area contributed by atoms with Gasteiger partial charge in [0.05, 0.1) is 25.1 Å². The van der Waals surface area contributed by atoms with Crippen LogP contribution < -0.4 is 48.7 Å². The molecule has 0 unspecified atom stereocenters. The first-order valence-electron chi connectivity index (χ1n) is 20.0. The molecule has 20 nitrogen and oxygen atoms in total. The van der Waals surface area contributed by atoms with E-state index in [0.29, 0.717) is 0 Å². The molecule has 1 rings (SSSR count). The Bertz CT molecular complexity index is 1640. The monoisotopic (exact) mass is 847 g/mol. The number of aliphatic carboxylic acids is 1. The maximum absolute atomic E-state index is 13.7. The highest BCUT2D eigenvalue weighted by atomic mass is 16.4. The Hall–Kier alpha value is -5.63. The Balaban J connectivity index is 3.03. The summed E-state index contributed by atoms with van der Waals surface area (Å²) in [6.07, 6.45) is -1.55. The molecule has 0 radical (unpaired) electrons. The summed E-state index contributed by atoms with van der Waals surface area (Å²) >= 11 is 0. The molecular weight excluding hydrogens is 782 g/mol. The first kappa shape index (κ1) is 52.4. The van der Waals surface area contributed by atoms with Crippen molar-refractivity contribution in [1.82, 2.24) is 37.2 Å². The van der Waals surface area contributed by atoms with E-state index < -0.39 is 115 Å². The van der Waals surface area contributed by atoms with E-state index in [0.717, 1.165) is 5.56 Å². The fraction of sp³-hybridized carbons (Fsp3) is 0.625. The number of carboxylic acids is 1. The zero-order valence-corrected chi connectivity index (χ0v) is 35.7. The van der Waals surface area contributed by atoms with Crippen LogP contribution in [0.2, 0.25) is 0 Å². The Kier molecular flexibility index (Phi) is 22.5. The number of nitrogens with two attached hydrogens (primary N) is 2. The van der Waals surface area contributed by atoms with E-state index in [1.807, 2.05) is 6.07 Å². The number of carbonyl (C=O) groups is 9. The molecule has 8 amide bonds. The lowest BCUT2D eigenvalue weighted by atomic mass is 9.98. The van der Waals surface area contributed by atoms with Crippen LogP contribution in [-0.4, -0.2) is 118 Å². The second kappa shape index (κ2) is 25.8. The molecule has 60 heavy (non-hydrogen) atoms. The molecule has 0 bridgehead atoms. The molecule has 1 aromatic rings. The van der Waals surface area contributed by atoms with Gasteiger partial charge in [-0.15, -0.1) is 0 Å². The molecule has 0 aliphatic carbocycles. The average molecular weight is 848 g/mol. The van der Waals surface area contributed by atoms with Crippen molar-refractivity contribution in [2.75, 3.05) is 6.54 Å². The van der Waals surface area contributed by atoms with Crippen molar-refractivity contribution in [3.05, 3.63) is 35.9 Å². The number of hydrogen-bond donors (Lipinski definition) is 11. The zero-order chi connectivity index (χ0) is 45.9. The molecule has 0 aliphatic heterocycles. The second-order valence-corrected chi connectivity index (χ2v) is 16.2. The van der Waals surface area contributed by atoms with Crippen molar-refractivity contribution in [3.8, 4) is 0 Å². The first-order valence-corrected chi connectivity index (χ1v) is 20.0. The molecular formula is C40H65N9O11. The molecule has 0 aliphatic rings. The van der Waals surface area contributed by atoms with Crippen LogP contribution in [0.4, 0.5) is 0 Å². The number of aliphatic hydroxyl groups is 1. The van der Waals surface area contributed by atoms with E-state index in [1.165, 1.54) is 13.8 Å². The number of primary amides is 1. The van der Waals surface area contributed by atoms with Crippen LogP contribution in [0.1, 0.15) is 86.6 Å². The van der Waals surface area contributed by atoms with Gasteiger partial charge in [0, 0.05) is 0 Å². The number of nitrogens with one attached hydrogen (secondary N) is 7. The summed E-state index contributed by atoms with van der Waals surface area (Å²) in [7, 11) is 0. The van der Waals surface area contributed by atoms with Crippen LogP contribution in [0.25, 0.3) is 0 Å². The number of hydrogen-bond acceptors (Lipinski definition) is 11. The van der Waals surface area contributed by atoms with Gasteiger partial charge >= 0.3 is 5.97 Å². The predicted molar refractivity (Wildman–Crippen MR) is 220 cm³/mol. The summed E-state index contributed by atoms with van der Waals surface area (Å²) in [6.45, 7) is 12.6. The van der Waals surface area contributed by atoms with E-state index >= 15 is 0 Å². The fourth-order valence-corrected chi connectivity index (χ4v) is 5.89. The molecule has 0 fully saturated rings. The molecule has 0 heterocycles. The molecule has 0 saturated heterocycles. The molecule has 336 valence electrons. The van der Waals surface area contributed by atoms with Gasteiger partial charge in [-0.25, -0.2) is 4.79 Å². The number of rotatable bonds is 26. The van der Waals surface area contributed by atoms with E-state index in [4.69, 9.17) is 11.5 Å². The highest BCUT2D eigenvalue weighted by molar-refractivity contribution is 5.97. The van der Waals surface area contributed by atoms with Crippen LogP contribution in [0, 0.1) is 17.8 Å². The number of aliphatic hydroxyl groups excluding tert-OH is 1. The van der Waals surface area contributed by atoms with E-state index in [-0.39, 0.29) is 43.4 Å². The van der Waals surface area contributed by atoms with Crippen LogP contribution in [0.5, 0.6) is 0 Å². The van der Waals surface area contributed by atoms with Gasteiger partial charge in [-0.3, -0.25) is 38.4 Å². The topological polar surface area (TPSA) is 330 Å². The van der Waals surface area contributed by atoms with E-state index in [2.05, 4.69) is 37.2 Å². The largest absolute Gasteiger partial charge is 0.480 e. The quantitative estimate of drug-likeness (QED) is 0.0486. The molecule has 0 saturated carbocycles. The van der Waals surface area contributed by atoms with Crippen molar-refractivity contribution in [3.63, 3.8) is 0 Å². The maximum Gasteiger partial charge on any atom is 0.328 e. The summed E-state index contributed by atoms with van der Waals surface area (Å²) < 4.78 is 0. The maximum atomic E-state index is 13.7. The van der Waals surface area contributed by atoms with Crippen molar-refractivity contribution in [1.29, 1.82) is 0 Å². The first-order chi connectivity index (χ1) is 27.9. The Labute approximate surface area is 350 Å². The summed E-state index contributed by atoms with van der Waals surface area (Å²) in [6, 6.07) is 0.0346. The summed E-state index contributed by atoms with van der Waals surface area (Å²) in [4.78, 5) is 116. The van der Waals surface area contributed by atoms with Crippen LogP contribution in [0.3, 0.4) is 0 Å². The molecule has 13 N–H and O–H groups in total. The predicted octanol–water partition coefficient (Wildman–Crippen LogP) is -1.92. The number of benzene rings is 1. The second-order valence-electron chi connectivity index (χ2n) is 16.2. The Morgan fingerprint density at radius 3 is 1.47 bits per heavy atom. The zero-order valence-electron chi connectivity index (χ0n) is 35.7. The van der Waals surface area contributed by atoms with Crippen LogP contribution in [0.15, 0.2) is 30.3 Å². The Morgan fingerprint density at radius 1 is 0.583 bits per heavy atom. The molecule has 20 heteroatoms. The van der Waals surface area contributed by atoms with Gasteiger partial charge in [-0.2, -0.15) is 0 Å². The summed E-state index contributed by atoms with van der Waals surface area (Å²) in [5, 5.41) is 36.4. The van der Waals surface area contributed by atoms with Gasteiger partial charge < -0.3 is 58.9 Å². The van der Waals surface area contributed by atoms with Crippen molar-refractivity contribution < 1.29 is 53.4 Å². The SMILES string of the molecule is CC(C)C[C@H](NC(=O)CNC(=O)[C@H](CC(N)=O)NC(=O)[C@H](C)NC(=O)[C@@H](N)Cc1ccccc1)C(=O)N[C@@H](CC(C)C)C(=O)N[C@@H](CC(C)C)C(=O)N[C@H](C(=O)O)[C@@H](C)O. The third-order valence-electron chi connectivity index (χ3n) is 8.93. The van der Waals surface area contributed by atoms with Crippen LogP contribution >= 0.6 is 0 Å². The van der Waals surface area contributed by atoms with Crippen molar-refractivity contribution in [2.45, 2.75) is 136 Å². The van der Waals surface area contributed by atoms with Gasteiger partial charge in [0.25, 0.3) is 0 Å². The lowest BCUT2D eigenvalue weighted by Crippen LogP contribution is -2.59. The van der Waals surface area contributed by atoms with Crippen molar-refractivity contribution >= 4 is 53.2 Å². The standard InChI is InChI=1S/C40H65N9O11/c1-20(2)14-27(37(56)47-28(15-21(3)4)38(57)48-29(16-22(5)6)39(58)49-33(24(8)50)40(59)60)45-32(52)19-43-36(55)30(18-31(42)51)46-34(53)23(7)44-35(54)26(41)17-25-12-10-9-11-13-25/h9-13,20-24,26-30,33,50H,14-19,41H2,1-8H3,(H2,42,51)(H,43,55)(H,44,54)(H,45,52)(H,46,53)(H,47,56)(H,48,57)(H,49,58)(H,59,60)/t23-,24+,26-,27-,28-,29-,30-,33-/m0/s1. The van der Waals surface area contributed by atoms with Crippen LogP contribution in [-0.2, 0) is 49.6 Å². The number of carboxylic acid groups (broad SMARTS) is 1. The normalized spacial score (nSPS) is 15.2. The minimum absolute atomic E-state index is 0.104. The molecule has 0 aromatic heterocycles. The molecule has 8 atom stereocenters.